The number of alkyl halides is 3. The van der Waals surface area contributed by atoms with Crippen molar-refractivity contribution in [1.29, 1.82) is 0 Å². The van der Waals surface area contributed by atoms with Crippen molar-refractivity contribution in [1.82, 2.24) is 10.4 Å². The first-order valence-corrected chi connectivity index (χ1v) is 9.81. The molecule has 0 aromatic heterocycles. The molecule has 0 saturated carbocycles. The van der Waals surface area contributed by atoms with E-state index < -0.39 is 17.8 Å². The maximum Gasteiger partial charge on any atom is 0.409 e. The molecule has 2 aromatic carbocycles. The highest BCUT2D eigenvalue weighted by molar-refractivity contribution is 5.87. The van der Waals surface area contributed by atoms with Crippen molar-refractivity contribution in [3.05, 3.63) is 47.5 Å². The molecule has 1 saturated heterocycles. The van der Waals surface area contributed by atoms with E-state index in [0.29, 0.717) is 6.42 Å². The Bertz CT molecular complexity index is 860. The predicted molar refractivity (Wildman–Crippen MR) is 105 cm³/mol. The van der Waals surface area contributed by atoms with Crippen LogP contribution in [0.1, 0.15) is 63.6 Å². The number of carbonyl (C=O) groups excluding carboxylic acids is 1. The summed E-state index contributed by atoms with van der Waals surface area (Å²) in [6.45, 7) is 5.41. The molecular formula is C22H27F3N2O. The molecule has 28 heavy (non-hydrogen) atoms. The first-order valence-electron chi connectivity index (χ1n) is 9.81. The molecular weight excluding hydrogens is 365 g/mol. The molecule has 1 aliphatic heterocycles. The lowest BCUT2D eigenvalue weighted by molar-refractivity contribution is -0.204. The van der Waals surface area contributed by atoms with E-state index in [1.165, 1.54) is 0 Å². The van der Waals surface area contributed by atoms with Gasteiger partial charge in [-0.15, -0.1) is 0 Å². The standard InChI is InChI=1S/C22H27F3N2O/c1-4-5-6-11-17-16-10-8-7-9-15(16)12-13-18(17)20(22(23,24)25)27-21(2,3)14-19(28)26-27/h7-10,12-13,20H,4-6,11,14H2,1-3H3,(H,26,28). The number of carbonyl (C=O) groups is 1. The van der Waals surface area contributed by atoms with Crippen LogP contribution in [0.5, 0.6) is 0 Å². The molecule has 3 rings (SSSR count). The van der Waals surface area contributed by atoms with E-state index in [-0.39, 0.29) is 17.9 Å². The van der Waals surface area contributed by atoms with Gasteiger partial charge in [0.2, 0.25) is 5.91 Å². The van der Waals surface area contributed by atoms with Crippen LogP contribution in [0.15, 0.2) is 36.4 Å². The quantitative estimate of drug-likeness (QED) is 0.641. The molecule has 6 heteroatoms. The Morgan fingerprint density at radius 1 is 1.14 bits per heavy atom. The molecule has 2 aromatic rings. The summed E-state index contributed by atoms with van der Waals surface area (Å²) >= 11 is 0. The highest BCUT2D eigenvalue weighted by Crippen LogP contribution is 2.45. The minimum atomic E-state index is -4.52. The smallest absolute Gasteiger partial charge is 0.287 e. The fourth-order valence-corrected chi connectivity index (χ4v) is 4.12. The fraction of sp³-hybridized carbons (Fsp3) is 0.500. The molecule has 0 radical (unpaired) electrons. The predicted octanol–water partition coefficient (Wildman–Crippen LogP) is 5.69. The highest BCUT2D eigenvalue weighted by Gasteiger charge is 2.53. The van der Waals surface area contributed by atoms with Gasteiger partial charge in [0.15, 0.2) is 6.04 Å². The summed E-state index contributed by atoms with van der Waals surface area (Å²) in [5, 5.41) is 2.89. The molecule has 1 unspecified atom stereocenters. The summed E-state index contributed by atoms with van der Waals surface area (Å²) in [6.07, 6.45) is -1.10. The van der Waals surface area contributed by atoms with Gasteiger partial charge in [0.25, 0.3) is 0 Å². The number of aryl methyl sites for hydroxylation is 1. The molecule has 1 amide bonds. The number of hydrazine groups is 1. The first-order chi connectivity index (χ1) is 13.1. The van der Waals surface area contributed by atoms with Crippen molar-refractivity contribution in [2.24, 2.45) is 0 Å². The molecule has 1 atom stereocenters. The van der Waals surface area contributed by atoms with Gasteiger partial charge in [-0.2, -0.15) is 18.2 Å². The van der Waals surface area contributed by atoms with Crippen molar-refractivity contribution in [2.45, 2.75) is 70.6 Å². The summed E-state index contributed by atoms with van der Waals surface area (Å²) in [4.78, 5) is 11.9. The molecule has 3 nitrogen and oxygen atoms in total. The third-order valence-corrected chi connectivity index (χ3v) is 5.46. The molecule has 1 fully saturated rings. The minimum absolute atomic E-state index is 0.0400. The third-order valence-electron chi connectivity index (χ3n) is 5.46. The topological polar surface area (TPSA) is 32.3 Å². The van der Waals surface area contributed by atoms with Crippen LogP contribution in [-0.2, 0) is 11.2 Å². The van der Waals surface area contributed by atoms with Crippen molar-refractivity contribution in [2.75, 3.05) is 0 Å². The van der Waals surface area contributed by atoms with Gasteiger partial charge in [-0.1, -0.05) is 56.2 Å². The maximum absolute atomic E-state index is 14.3. The van der Waals surface area contributed by atoms with E-state index in [1.807, 2.05) is 24.3 Å². The van der Waals surface area contributed by atoms with E-state index >= 15 is 0 Å². The second kappa shape index (κ2) is 7.74. The number of nitrogens with one attached hydrogen (secondary N) is 1. The molecule has 0 aliphatic carbocycles. The van der Waals surface area contributed by atoms with Crippen molar-refractivity contribution < 1.29 is 18.0 Å². The van der Waals surface area contributed by atoms with Crippen LogP contribution in [0.25, 0.3) is 10.8 Å². The Labute approximate surface area is 163 Å². The van der Waals surface area contributed by atoms with Gasteiger partial charge in [0, 0.05) is 12.0 Å². The van der Waals surface area contributed by atoms with Gasteiger partial charge >= 0.3 is 6.18 Å². The van der Waals surface area contributed by atoms with E-state index in [0.717, 1.165) is 40.6 Å². The van der Waals surface area contributed by atoms with Crippen LogP contribution in [0, 0.1) is 0 Å². The average Bonchev–Trinajstić information content (AvgIpc) is 2.87. The van der Waals surface area contributed by atoms with Gasteiger partial charge in [-0.05, 0) is 48.6 Å². The van der Waals surface area contributed by atoms with Crippen LogP contribution in [-0.4, -0.2) is 22.6 Å². The first kappa shape index (κ1) is 20.6. The monoisotopic (exact) mass is 392 g/mol. The minimum Gasteiger partial charge on any atom is -0.287 e. The molecule has 1 aliphatic rings. The maximum atomic E-state index is 14.3. The molecule has 1 N–H and O–H groups in total. The number of nitrogens with zero attached hydrogens (tertiary/aromatic N) is 1. The molecule has 152 valence electrons. The van der Waals surface area contributed by atoms with E-state index in [2.05, 4.69) is 12.3 Å². The second-order valence-electron chi connectivity index (χ2n) is 8.15. The molecule has 1 heterocycles. The number of hydrogen-bond donors (Lipinski definition) is 1. The largest absolute Gasteiger partial charge is 0.409 e. The lowest BCUT2D eigenvalue weighted by Gasteiger charge is -2.39. The molecule has 0 spiro atoms. The van der Waals surface area contributed by atoms with Crippen LogP contribution < -0.4 is 5.43 Å². The summed E-state index contributed by atoms with van der Waals surface area (Å²) in [5.74, 6) is -0.382. The third kappa shape index (κ3) is 4.02. The zero-order valence-corrected chi connectivity index (χ0v) is 16.6. The zero-order valence-electron chi connectivity index (χ0n) is 16.6. The van der Waals surface area contributed by atoms with Gasteiger partial charge in [0.1, 0.15) is 0 Å². The Kier molecular flexibility index (Phi) is 5.71. The van der Waals surface area contributed by atoms with Crippen LogP contribution >= 0.6 is 0 Å². The number of rotatable bonds is 6. The van der Waals surface area contributed by atoms with Crippen LogP contribution in [0.4, 0.5) is 13.2 Å². The number of unbranched alkanes of at least 4 members (excludes halogenated alkanes) is 2. The normalized spacial score (nSPS) is 18.4. The number of fused-ring (bicyclic) bond motifs is 1. The highest BCUT2D eigenvalue weighted by atomic mass is 19.4. The Hall–Kier alpha value is -2.08. The Morgan fingerprint density at radius 3 is 2.46 bits per heavy atom. The summed E-state index contributed by atoms with van der Waals surface area (Å²) in [7, 11) is 0. The van der Waals surface area contributed by atoms with Crippen molar-refractivity contribution in [3.63, 3.8) is 0 Å². The zero-order chi connectivity index (χ0) is 20.5. The summed E-state index contributed by atoms with van der Waals surface area (Å²) in [5.41, 5.74) is 2.50. The van der Waals surface area contributed by atoms with E-state index in [1.54, 1.807) is 26.0 Å². The van der Waals surface area contributed by atoms with Gasteiger partial charge in [-0.25, -0.2) is 0 Å². The van der Waals surface area contributed by atoms with Gasteiger partial charge in [0.05, 0.1) is 0 Å². The molecule has 0 bridgehead atoms. The Morgan fingerprint density at radius 2 is 1.86 bits per heavy atom. The lowest BCUT2D eigenvalue weighted by Crippen LogP contribution is -2.51. The Balaban J connectivity index is 2.17. The van der Waals surface area contributed by atoms with Crippen LogP contribution in [0.3, 0.4) is 0 Å². The average molecular weight is 392 g/mol. The summed E-state index contributed by atoms with van der Waals surface area (Å²) < 4.78 is 42.9. The number of hydrogen-bond acceptors (Lipinski definition) is 2. The van der Waals surface area contributed by atoms with Crippen molar-refractivity contribution in [3.8, 4) is 0 Å². The number of benzene rings is 2. The number of amides is 1. The fourth-order valence-electron chi connectivity index (χ4n) is 4.12. The van der Waals surface area contributed by atoms with Gasteiger partial charge < -0.3 is 0 Å². The van der Waals surface area contributed by atoms with Gasteiger partial charge in [-0.3, -0.25) is 10.2 Å². The second-order valence-corrected chi connectivity index (χ2v) is 8.15. The van der Waals surface area contributed by atoms with Crippen molar-refractivity contribution >= 4 is 16.7 Å². The van der Waals surface area contributed by atoms with E-state index in [9.17, 15) is 18.0 Å². The number of halogens is 3. The lowest BCUT2D eigenvalue weighted by atomic mass is 9.89. The SMILES string of the molecule is CCCCCc1c(C(N2NC(=O)CC2(C)C)C(F)(F)F)ccc2ccccc12. The van der Waals surface area contributed by atoms with E-state index in [4.69, 9.17) is 0 Å². The van der Waals surface area contributed by atoms with Crippen LogP contribution in [0.2, 0.25) is 0 Å². The summed E-state index contributed by atoms with van der Waals surface area (Å²) in [6, 6.07) is 9.02.